The van der Waals surface area contributed by atoms with Gasteiger partial charge in [-0.25, -0.2) is 8.78 Å². The van der Waals surface area contributed by atoms with Crippen molar-refractivity contribution in [3.8, 4) is 11.6 Å². The third-order valence-electron chi connectivity index (χ3n) is 2.18. The molecule has 1 heterocycles. The highest BCUT2D eigenvalue weighted by atomic mass is 35.5. The molecule has 0 fully saturated rings. The van der Waals surface area contributed by atoms with E-state index in [0.29, 0.717) is 0 Å². The summed E-state index contributed by atoms with van der Waals surface area (Å²) in [6.07, 6.45) is 0. The van der Waals surface area contributed by atoms with Crippen LogP contribution in [-0.4, -0.2) is 9.91 Å². The molecular weight excluding hydrogens is 301 g/mol. The quantitative estimate of drug-likeness (QED) is 0.491. The maximum absolute atomic E-state index is 13.3. The molecular formula is C11H4ClF3N2O3. The van der Waals surface area contributed by atoms with Gasteiger partial charge in [0.2, 0.25) is 5.75 Å². The van der Waals surface area contributed by atoms with E-state index in [1.165, 1.54) is 6.07 Å². The Balaban J connectivity index is 2.45. The second kappa shape index (κ2) is 5.33. The molecule has 0 radical (unpaired) electrons. The lowest BCUT2D eigenvalue weighted by Crippen LogP contribution is -2.00. The van der Waals surface area contributed by atoms with Gasteiger partial charge in [-0.1, -0.05) is 11.6 Å². The summed E-state index contributed by atoms with van der Waals surface area (Å²) in [6.45, 7) is 0. The topological polar surface area (TPSA) is 65.3 Å². The number of hydrogen-bond acceptors (Lipinski definition) is 4. The highest BCUT2D eigenvalue weighted by Crippen LogP contribution is 2.33. The Bertz CT molecular complexity index is 697. The molecule has 2 rings (SSSR count). The number of hydrogen-bond donors (Lipinski definition) is 0. The van der Waals surface area contributed by atoms with Crippen LogP contribution < -0.4 is 4.74 Å². The lowest BCUT2D eigenvalue weighted by Gasteiger charge is -2.06. The number of benzene rings is 1. The number of ether oxygens (including phenoxy) is 1. The van der Waals surface area contributed by atoms with Gasteiger partial charge < -0.3 is 4.74 Å². The minimum absolute atomic E-state index is 0.0581. The molecule has 0 unspecified atom stereocenters. The van der Waals surface area contributed by atoms with Crippen LogP contribution in [-0.2, 0) is 0 Å². The van der Waals surface area contributed by atoms with Gasteiger partial charge in [0.05, 0.1) is 4.92 Å². The maximum Gasteiger partial charge on any atom is 0.313 e. The van der Waals surface area contributed by atoms with Crippen LogP contribution in [0.1, 0.15) is 0 Å². The lowest BCUT2D eigenvalue weighted by molar-refractivity contribution is -0.385. The van der Waals surface area contributed by atoms with E-state index in [4.69, 9.17) is 16.3 Å². The molecule has 104 valence electrons. The molecule has 0 saturated carbocycles. The monoisotopic (exact) mass is 304 g/mol. The number of nitro benzene ring substituents is 1. The van der Waals surface area contributed by atoms with Crippen LogP contribution in [0.2, 0.25) is 5.02 Å². The van der Waals surface area contributed by atoms with Gasteiger partial charge in [-0.2, -0.15) is 9.37 Å². The van der Waals surface area contributed by atoms with Gasteiger partial charge in [0, 0.05) is 17.2 Å². The van der Waals surface area contributed by atoms with E-state index >= 15 is 0 Å². The Labute approximate surface area is 114 Å². The van der Waals surface area contributed by atoms with E-state index in [2.05, 4.69) is 4.98 Å². The molecule has 5 nitrogen and oxygen atoms in total. The Morgan fingerprint density at radius 3 is 2.55 bits per heavy atom. The molecule has 0 atom stereocenters. The fourth-order valence-electron chi connectivity index (χ4n) is 1.32. The summed E-state index contributed by atoms with van der Waals surface area (Å²) in [4.78, 5) is 12.9. The zero-order chi connectivity index (χ0) is 14.9. The summed E-state index contributed by atoms with van der Waals surface area (Å²) in [6, 6.07) is 3.53. The Hall–Kier alpha value is -2.35. The lowest BCUT2D eigenvalue weighted by atomic mass is 10.3. The van der Waals surface area contributed by atoms with Gasteiger partial charge in [0.15, 0.2) is 11.6 Å². The van der Waals surface area contributed by atoms with Gasteiger partial charge in [0.25, 0.3) is 11.8 Å². The first-order valence-corrected chi connectivity index (χ1v) is 5.39. The maximum atomic E-state index is 13.3. The zero-order valence-corrected chi connectivity index (χ0v) is 10.2. The molecule has 0 saturated heterocycles. The van der Waals surface area contributed by atoms with Gasteiger partial charge in [-0.15, -0.1) is 0 Å². The van der Waals surface area contributed by atoms with Crippen molar-refractivity contribution in [2.24, 2.45) is 0 Å². The number of pyridine rings is 1. The van der Waals surface area contributed by atoms with E-state index in [1.807, 2.05) is 0 Å². The van der Waals surface area contributed by atoms with Crippen LogP contribution in [0.4, 0.5) is 18.9 Å². The first-order valence-electron chi connectivity index (χ1n) is 5.02. The number of halogens is 4. The second-order valence-electron chi connectivity index (χ2n) is 3.52. The third-order valence-corrected chi connectivity index (χ3v) is 2.41. The Morgan fingerprint density at radius 1 is 1.20 bits per heavy atom. The molecule has 0 amide bonds. The summed E-state index contributed by atoms with van der Waals surface area (Å²) in [5.41, 5.74) is -0.566. The first kappa shape index (κ1) is 14.1. The van der Waals surface area contributed by atoms with E-state index in [1.54, 1.807) is 0 Å². The van der Waals surface area contributed by atoms with Crippen LogP contribution >= 0.6 is 11.6 Å². The minimum Gasteiger partial charge on any atom is -0.429 e. The molecule has 0 bridgehead atoms. The normalized spacial score (nSPS) is 10.4. The number of nitrogens with zero attached hydrogens (tertiary/aromatic N) is 2. The van der Waals surface area contributed by atoms with Gasteiger partial charge in [-0.3, -0.25) is 10.1 Å². The van der Waals surface area contributed by atoms with Crippen LogP contribution in [0, 0.1) is 27.7 Å². The average molecular weight is 305 g/mol. The molecule has 0 aliphatic carbocycles. The van der Waals surface area contributed by atoms with Crippen LogP contribution in [0.5, 0.6) is 11.6 Å². The van der Waals surface area contributed by atoms with Gasteiger partial charge in [0.1, 0.15) is 0 Å². The number of nitro groups is 1. The van der Waals surface area contributed by atoms with Gasteiger partial charge in [-0.05, 0) is 12.1 Å². The summed E-state index contributed by atoms with van der Waals surface area (Å²) >= 11 is 5.58. The van der Waals surface area contributed by atoms with Crippen molar-refractivity contribution < 1.29 is 22.8 Å². The fraction of sp³-hybridized carbons (Fsp3) is 0. The van der Waals surface area contributed by atoms with E-state index in [0.717, 1.165) is 12.1 Å². The molecule has 9 heteroatoms. The molecule has 0 N–H and O–H groups in total. The van der Waals surface area contributed by atoms with Crippen molar-refractivity contribution in [1.29, 1.82) is 0 Å². The highest BCUT2D eigenvalue weighted by Gasteiger charge is 2.20. The predicted octanol–water partition coefficient (Wildman–Crippen LogP) is 3.85. The van der Waals surface area contributed by atoms with Crippen molar-refractivity contribution in [2.45, 2.75) is 0 Å². The molecule has 1 aromatic heterocycles. The second-order valence-corrected chi connectivity index (χ2v) is 3.96. The van der Waals surface area contributed by atoms with Crippen molar-refractivity contribution in [3.63, 3.8) is 0 Å². The Morgan fingerprint density at radius 2 is 1.90 bits per heavy atom. The summed E-state index contributed by atoms with van der Waals surface area (Å²) < 4.78 is 43.7. The smallest absolute Gasteiger partial charge is 0.313 e. The van der Waals surface area contributed by atoms with Crippen molar-refractivity contribution >= 4 is 17.3 Å². The largest absolute Gasteiger partial charge is 0.429 e. The SMILES string of the molecule is O=[N+]([O-])c1cc(Cl)ccc1Oc1nc(F)c(F)cc1F. The highest BCUT2D eigenvalue weighted by molar-refractivity contribution is 6.30. The standard InChI is InChI=1S/C11H4ClF3N2O3/c12-5-1-2-9(8(3-5)17(18)19)20-11-7(14)4-6(13)10(15)16-11/h1-4H. The van der Waals surface area contributed by atoms with Gasteiger partial charge >= 0.3 is 5.69 Å². The van der Waals surface area contributed by atoms with Crippen molar-refractivity contribution in [1.82, 2.24) is 4.98 Å². The van der Waals surface area contributed by atoms with Crippen LogP contribution in [0.3, 0.4) is 0 Å². The summed E-state index contributed by atoms with van der Waals surface area (Å²) in [5, 5.41) is 10.8. The number of rotatable bonds is 3. The van der Waals surface area contributed by atoms with Crippen LogP contribution in [0.15, 0.2) is 24.3 Å². The minimum atomic E-state index is -1.59. The number of aromatic nitrogens is 1. The average Bonchev–Trinajstić information content (AvgIpc) is 2.37. The van der Waals surface area contributed by atoms with E-state index < -0.39 is 39.8 Å². The Kier molecular flexibility index (Phi) is 3.75. The van der Waals surface area contributed by atoms with E-state index in [-0.39, 0.29) is 11.1 Å². The van der Waals surface area contributed by atoms with E-state index in [9.17, 15) is 23.3 Å². The summed E-state index contributed by atoms with van der Waals surface area (Å²) in [7, 11) is 0. The molecule has 0 spiro atoms. The molecule has 2 aromatic rings. The van der Waals surface area contributed by atoms with Crippen molar-refractivity contribution in [2.75, 3.05) is 0 Å². The predicted molar refractivity (Wildman–Crippen MR) is 62.3 cm³/mol. The molecule has 0 aliphatic heterocycles. The fourth-order valence-corrected chi connectivity index (χ4v) is 1.49. The molecule has 1 aromatic carbocycles. The zero-order valence-electron chi connectivity index (χ0n) is 9.44. The van der Waals surface area contributed by atoms with Crippen LogP contribution in [0.25, 0.3) is 0 Å². The first-order chi connectivity index (χ1) is 9.38. The molecule has 0 aliphatic rings. The summed E-state index contributed by atoms with van der Waals surface area (Å²) in [5.74, 6) is -5.71. The molecule has 20 heavy (non-hydrogen) atoms. The third kappa shape index (κ3) is 2.80. The van der Waals surface area contributed by atoms with Crippen molar-refractivity contribution in [3.05, 3.63) is 57.0 Å².